The Balaban J connectivity index is 2.25. The average molecular weight is 532 g/mol. The number of rotatable bonds is 11. The largest absolute Gasteiger partial charge is 0.497 e. The summed E-state index contributed by atoms with van der Waals surface area (Å²) in [7, 11) is 1.42. The molecule has 1 amide bonds. The minimum atomic E-state index is -5.07. The second kappa shape index (κ2) is 12.4. The summed E-state index contributed by atoms with van der Waals surface area (Å²) in [6, 6.07) is 9.97. The topological polar surface area (TPSA) is 72.5 Å². The Morgan fingerprint density at radius 2 is 1.71 bits per heavy atom. The lowest BCUT2D eigenvalue weighted by Crippen LogP contribution is -2.39. The highest BCUT2D eigenvalue weighted by Gasteiger charge is 2.45. The van der Waals surface area contributed by atoms with E-state index < -0.39 is 47.9 Å². The van der Waals surface area contributed by atoms with Gasteiger partial charge in [0.05, 0.1) is 17.2 Å². The SMILES string of the molecule is COc1cccc([C@H](NC(=O)CCc2ccc(Cl)c(Cl)c2)C(=O)C[C@H](C(=O)C(F)(F)F)C(C)C)c1. The summed E-state index contributed by atoms with van der Waals surface area (Å²) < 4.78 is 44.4. The van der Waals surface area contributed by atoms with Crippen molar-refractivity contribution in [3.8, 4) is 5.75 Å². The van der Waals surface area contributed by atoms with E-state index in [-0.39, 0.29) is 6.42 Å². The van der Waals surface area contributed by atoms with Gasteiger partial charge in [-0.2, -0.15) is 13.2 Å². The molecule has 0 aliphatic heterocycles. The first-order valence-electron chi connectivity index (χ1n) is 10.8. The third-order valence-corrected chi connectivity index (χ3v) is 6.26. The van der Waals surface area contributed by atoms with Gasteiger partial charge in [-0.05, 0) is 47.7 Å². The highest BCUT2D eigenvalue weighted by atomic mass is 35.5. The molecule has 5 nitrogen and oxygen atoms in total. The molecule has 2 atom stereocenters. The molecule has 0 fully saturated rings. The lowest BCUT2D eigenvalue weighted by Gasteiger charge is -2.24. The number of methoxy groups -OCH3 is 1. The number of aryl methyl sites for hydroxylation is 1. The van der Waals surface area contributed by atoms with Crippen molar-refractivity contribution in [2.75, 3.05) is 7.11 Å². The second-order valence-corrected chi connectivity index (χ2v) is 9.22. The van der Waals surface area contributed by atoms with Gasteiger partial charge in [-0.15, -0.1) is 0 Å². The van der Waals surface area contributed by atoms with Gasteiger partial charge in [0.1, 0.15) is 11.8 Å². The van der Waals surface area contributed by atoms with Crippen molar-refractivity contribution >= 4 is 40.7 Å². The summed E-state index contributed by atoms with van der Waals surface area (Å²) in [5, 5.41) is 3.32. The van der Waals surface area contributed by atoms with Gasteiger partial charge in [0.25, 0.3) is 0 Å². The van der Waals surface area contributed by atoms with Crippen LogP contribution in [0, 0.1) is 11.8 Å². The van der Waals surface area contributed by atoms with Crippen LogP contribution in [0.3, 0.4) is 0 Å². The zero-order valence-electron chi connectivity index (χ0n) is 19.4. The molecule has 190 valence electrons. The van der Waals surface area contributed by atoms with Gasteiger partial charge in [0.15, 0.2) is 5.78 Å². The number of benzene rings is 2. The fourth-order valence-corrected chi connectivity index (χ4v) is 3.85. The summed E-state index contributed by atoms with van der Waals surface area (Å²) in [6.07, 6.45) is -5.46. The molecule has 0 aliphatic rings. The minimum Gasteiger partial charge on any atom is -0.497 e. The van der Waals surface area contributed by atoms with Crippen molar-refractivity contribution in [1.29, 1.82) is 0 Å². The fourth-order valence-electron chi connectivity index (χ4n) is 3.53. The van der Waals surface area contributed by atoms with E-state index in [2.05, 4.69) is 5.32 Å². The predicted octanol–water partition coefficient (Wildman–Crippen LogP) is 6.15. The van der Waals surface area contributed by atoms with E-state index in [1.165, 1.54) is 27.0 Å². The van der Waals surface area contributed by atoms with E-state index in [4.69, 9.17) is 27.9 Å². The third-order valence-electron chi connectivity index (χ3n) is 5.52. The molecule has 0 saturated carbocycles. The molecule has 35 heavy (non-hydrogen) atoms. The van der Waals surface area contributed by atoms with Crippen LogP contribution < -0.4 is 10.1 Å². The molecule has 0 aromatic heterocycles. The van der Waals surface area contributed by atoms with Gasteiger partial charge in [0, 0.05) is 18.8 Å². The normalized spacial score (nSPS) is 13.3. The molecule has 0 aliphatic carbocycles. The predicted molar refractivity (Wildman–Crippen MR) is 128 cm³/mol. The Kier molecular flexibility index (Phi) is 10.2. The van der Waals surface area contributed by atoms with E-state index in [9.17, 15) is 27.6 Å². The first kappa shape index (κ1) is 28.7. The molecule has 1 N–H and O–H groups in total. The van der Waals surface area contributed by atoms with E-state index in [1.54, 1.807) is 36.4 Å². The first-order chi connectivity index (χ1) is 16.3. The number of hydrogen-bond acceptors (Lipinski definition) is 4. The van der Waals surface area contributed by atoms with Gasteiger partial charge >= 0.3 is 6.18 Å². The van der Waals surface area contributed by atoms with E-state index >= 15 is 0 Å². The summed E-state index contributed by atoms with van der Waals surface area (Å²) in [4.78, 5) is 37.8. The van der Waals surface area contributed by atoms with Crippen LogP contribution in [0.5, 0.6) is 5.75 Å². The van der Waals surface area contributed by atoms with Crippen LogP contribution >= 0.6 is 23.2 Å². The Morgan fingerprint density at radius 3 is 2.29 bits per heavy atom. The Hall–Kier alpha value is -2.58. The molecular formula is C25H26Cl2F3NO4. The molecule has 0 spiro atoms. The van der Waals surface area contributed by atoms with Crippen LogP contribution in [0.1, 0.15) is 43.9 Å². The first-order valence-corrected chi connectivity index (χ1v) is 11.6. The lowest BCUT2D eigenvalue weighted by molar-refractivity contribution is -0.177. The number of hydrogen-bond donors (Lipinski definition) is 1. The molecule has 0 radical (unpaired) electrons. The van der Waals surface area contributed by atoms with Crippen LogP contribution in [0.15, 0.2) is 42.5 Å². The van der Waals surface area contributed by atoms with Crippen molar-refractivity contribution < 1.29 is 32.3 Å². The maximum atomic E-state index is 13.2. The lowest BCUT2D eigenvalue weighted by atomic mass is 9.84. The van der Waals surface area contributed by atoms with Gasteiger partial charge < -0.3 is 10.1 Å². The third kappa shape index (κ3) is 8.25. The standard InChI is InChI=1S/C25H26Cl2F3NO4/c1-14(2)18(24(34)25(28,29)30)13-21(32)23(16-5-4-6-17(12-16)35-3)31-22(33)10-8-15-7-9-19(26)20(27)11-15/h4-7,9,11-12,14,18,23H,8,10,13H2,1-3H3,(H,31,33)/t18-,23-/m0/s1. The molecular weight excluding hydrogens is 506 g/mol. The van der Waals surface area contributed by atoms with Crippen molar-refractivity contribution in [2.24, 2.45) is 11.8 Å². The number of halogens is 5. The molecule has 0 saturated heterocycles. The maximum absolute atomic E-state index is 13.2. The number of Topliss-reactive ketones (excluding diaryl/α,β-unsaturated/α-hetero) is 2. The molecule has 0 heterocycles. The number of carbonyl (C=O) groups is 3. The number of ketones is 2. The summed E-state index contributed by atoms with van der Waals surface area (Å²) in [6.45, 7) is 2.88. The molecule has 2 aromatic rings. The van der Waals surface area contributed by atoms with Crippen molar-refractivity contribution in [3.05, 3.63) is 63.6 Å². The van der Waals surface area contributed by atoms with Crippen LogP contribution in [-0.2, 0) is 20.8 Å². The minimum absolute atomic E-state index is 0.0131. The Bertz CT molecular complexity index is 1070. The van der Waals surface area contributed by atoms with Gasteiger partial charge in [0.2, 0.25) is 11.7 Å². The summed E-state index contributed by atoms with van der Waals surface area (Å²) >= 11 is 11.9. The summed E-state index contributed by atoms with van der Waals surface area (Å²) in [5.74, 6) is -5.07. The van der Waals surface area contributed by atoms with Crippen molar-refractivity contribution in [2.45, 2.75) is 45.3 Å². The average Bonchev–Trinajstić information content (AvgIpc) is 2.80. The zero-order chi connectivity index (χ0) is 26.3. The number of carbonyl (C=O) groups excluding carboxylic acids is 3. The van der Waals surface area contributed by atoms with Gasteiger partial charge in [-0.1, -0.05) is 55.2 Å². The molecule has 10 heteroatoms. The van der Waals surface area contributed by atoms with Crippen molar-refractivity contribution in [3.63, 3.8) is 0 Å². The number of alkyl halides is 3. The second-order valence-electron chi connectivity index (χ2n) is 8.41. The van der Waals surface area contributed by atoms with Crippen LogP contribution in [-0.4, -0.2) is 30.8 Å². The Labute approximate surface area is 211 Å². The van der Waals surface area contributed by atoms with Gasteiger partial charge in [-0.3, -0.25) is 14.4 Å². The quantitative estimate of drug-likeness (QED) is 0.377. The van der Waals surface area contributed by atoms with E-state index in [0.29, 0.717) is 27.8 Å². The Morgan fingerprint density at radius 1 is 1.03 bits per heavy atom. The van der Waals surface area contributed by atoms with E-state index in [0.717, 1.165) is 5.56 Å². The smallest absolute Gasteiger partial charge is 0.450 e. The highest BCUT2D eigenvalue weighted by Crippen LogP contribution is 2.30. The monoisotopic (exact) mass is 531 g/mol. The van der Waals surface area contributed by atoms with Crippen LogP contribution in [0.4, 0.5) is 13.2 Å². The number of amides is 1. The highest BCUT2D eigenvalue weighted by molar-refractivity contribution is 6.42. The molecule has 0 unspecified atom stereocenters. The van der Waals surface area contributed by atoms with Gasteiger partial charge in [-0.25, -0.2) is 0 Å². The fraction of sp³-hybridized carbons (Fsp3) is 0.400. The molecule has 0 bridgehead atoms. The van der Waals surface area contributed by atoms with Crippen LogP contribution in [0.25, 0.3) is 0 Å². The van der Waals surface area contributed by atoms with Crippen molar-refractivity contribution in [1.82, 2.24) is 5.32 Å². The number of nitrogens with one attached hydrogen (secondary N) is 1. The van der Waals surface area contributed by atoms with Crippen LogP contribution in [0.2, 0.25) is 10.0 Å². The molecule has 2 aromatic carbocycles. The number of ether oxygens (including phenoxy) is 1. The maximum Gasteiger partial charge on any atom is 0.450 e. The summed E-state index contributed by atoms with van der Waals surface area (Å²) in [5.41, 5.74) is 1.08. The molecule has 2 rings (SSSR count). The van der Waals surface area contributed by atoms with E-state index in [1.807, 2.05) is 0 Å². The zero-order valence-corrected chi connectivity index (χ0v) is 20.9.